The predicted octanol–water partition coefficient (Wildman–Crippen LogP) is 2.81. The highest BCUT2D eigenvalue weighted by Gasteiger charge is 2.27. The average Bonchev–Trinajstić information content (AvgIpc) is 2.73. The maximum Gasteiger partial charge on any atom is 0.242 e. The van der Waals surface area contributed by atoms with E-state index in [2.05, 4.69) is 10.6 Å². The Morgan fingerprint density at radius 3 is 2.80 bits per heavy atom. The van der Waals surface area contributed by atoms with Crippen LogP contribution in [0.5, 0.6) is 0 Å². The first-order chi connectivity index (χ1) is 14.3. The highest BCUT2D eigenvalue weighted by molar-refractivity contribution is 6.30. The zero-order chi connectivity index (χ0) is 21.8. The topological polar surface area (TPSA) is 111 Å². The normalized spacial score (nSPS) is 15.2. The van der Waals surface area contributed by atoms with Crippen molar-refractivity contribution >= 4 is 34.8 Å². The van der Waals surface area contributed by atoms with Crippen LogP contribution in [0.2, 0.25) is 5.02 Å². The molecule has 7 nitrogen and oxygen atoms in total. The summed E-state index contributed by atoms with van der Waals surface area (Å²) in [5.41, 5.74) is 7.52. The van der Waals surface area contributed by atoms with Gasteiger partial charge in [0, 0.05) is 11.6 Å². The van der Waals surface area contributed by atoms with Crippen LogP contribution >= 0.6 is 11.6 Å². The fourth-order valence-electron chi connectivity index (χ4n) is 3.52. The summed E-state index contributed by atoms with van der Waals surface area (Å²) in [6.45, 7) is 2.05. The standard InChI is InChI=1S/C21H21ClFN5O2/c1-12-16-3-2-15(22)6-13(16)4-5-28(12)21(30)11-26-19-8-18(27-20(29)10-25)14(9-24)7-17(19)23/h2-3,6-8,12,26H,4-5,10-11,25H2,1H3,(H,27,29)/t12-/m0/s1. The Kier molecular flexibility index (Phi) is 6.55. The van der Waals surface area contributed by atoms with Gasteiger partial charge in [-0.1, -0.05) is 17.7 Å². The second-order valence-corrected chi connectivity index (χ2v) is 7.39. The van der Waals surface area contributed by atoms with Gasteiger partial charge in [-0.25, -0.2) is 4.39 Å². The van der Waals surface area contributed by atoms with E-state index in [9.17, 15) is 14.0 Å². The zero-order valence-electron chi connectivity index (χ0n) is 16.3. The molecule has 4 N–H and O–H groups in total. The number of nitrogens with one attached hydrogen (secondary N) is 2. The Morgan fingerprint density at radius 1 is 1.33 bits per heavy atom. The number of carbonyl (C=O) groups is 2. The van der Waals surface area contributed by atoms with E-state index in [1.807, 2.05) is 25.1 Å². The summed E-state index contributed by atoms with van der Waals surface area (Å²) >= 11 is 6.05. The lowest BCUT2D eigenvalue weighted by atomic mass is 9.93. The van der Waals surface area contributed by atoms with Crippen molar-refractivity contribution in [2.75, 3.05) is 30.3 Å². The number of nitrogens with zero attached hydrogens (tertiary/aromatic N) is 2. The van der Waals surface area contributed by atoms with Crippen LogP contribution in [0, 0.1) is 17.1 Å². The van der Waals surface area contributed by atoms with Crippen LogP contribution in [0.15, 0.2) is 30.3 Å². The minimum Gasteiger partial charge on any atom is -0.374 e. The number of fused-ring (bicyclic) bond motifs is 1. The molecule has 156 valence electrons. The van der Waals surface area contributed by atoms with Crippen LogP contribution < -0.4 is 16.4 Å². The molecule has 0 saturated carbocycles. The number of halogens is 2. The van der Waals surface area contributed by atoms with Crippen molar-refractivity contribution in [2.45, 2.75) is 19.4 Å². The summed E-state index contributed by atoms with van der Waals surface area (Å²) in [5, 5.41) is 15.0. The van der Waals surface area contributed by atoms with Crippen LogP contribution in [-0.4, -0.2) is 36.3 Å². The van der Waals surface area contributed by atoms with Crippen molar-refractivity contribution < 1.29 is 14.0 Å². The predicted molar refractivity (Wildman–Crippen MR) is 113 cm³/mol. The van der Waals surface area contributed by atoms with Crippen molar-refractivity contribution in [1.82, 2.24) is 4.90 Å². The molecule has 0 aliphatic carbocycles. The van der Waals surface area contributed by atoms with E-state index in [0.717, 1.165) is 17.2 Å². The molecule has 2 amide bonds. The third-order valence-electron chi connectivity index (χ3n) is 5.08. The maximum absolute atomic E-state index is 14.4. The number of rotatable bonds is 5. The molecule has 1 heterocycles. The van der Waals surface area contributed by atoms with Gasteiger partial charge in [0.15, 0.2) is 0 Å². The van der Waals surface area contributed by atoms with Gasteiger partial charge in [-0.3, -0.25) is 9.59 Å². The third kappa shape index (κ3) is 4.53. The Morgan fingerprint density at radius 2 is 2.10 bits per heavy atom. The Balaban J connectivity index is 1.73. The van der Waals surface area contributed by atoms with E-state index in [0.29, 0.717) is 18.0 Å². The first-order valence-electron chi connectivity index (χ1n) is 9.39. The SMILES string of the molecule is C[C@H]1c2ccc(Cl)cc2CCN1C(=O)CNc1cc(NC(=O)CN)c(C#N)cc1F. The van der Waals surface area contributed by atoms with E-state index in [-0.39, 0.29) is 42.0 Å². The molecule has 0 bridgehead atoms. The molecule has 1 aliphatic rings. The number of nitrogens with two attached hydrogens (primary N) is 1. The first kappa shape index (κ1) is 21.6. The summed E-state index contributed by atoms with van der Waals surface area (Å²) < 4.78 is 14.4. The van der Waals surface area contributed by atoms with E-state index in [1.54, 1.807) is 11.0 Å². The summed E-state index contributed by atoms with van der Waals surface area (Å²) in [4.78, 5) is 26.0. The van der Waals surface area contributed by atoms with E-state index in [1.165, 1.54) is 6.07 Å². The van der Waals surface area contributed by atoms with Crippen molar-refractivity contribution in [3.05, 3.63) is 57.9 Å². The second kappa shape index (κ2) is 9.11. The Bertz CT molecular complexity index is 1040. The Hall–Kier alpha value is -3.15. The van der Waals surface area contributed by atoms with Crippen molar-refractivity contribution in [3.63, 3.8) is 0 Å². The summed E-state index contributed by atoms with van der Waals surface area (Å²) in [6, 6.07) is 9.60. The van der Waals surface area contributed by atoms with E-state index < -0.39 is 11.7 Å². The maximum atomic E-state index is 14.4. The summed E-state index contributed by atoms with van der Waals surface area (Å²) in [7, 11) is 0. The van der Waals surface area contributed by atoms with Crippen LogP contribution in [0.1, 0.15) is 29.7 Å². The number of carbonyl (C=O) groups excluding carboxylic acids is 2. The lowest BCUT2D eigenvalue weighted by molar-refractivity contribution is -0.131. The minimum absolute atomic E-state index is 0.00603. The number of amides is 2. The van der Waals surface area contributed by atoms with Gasteiger partial charge in [-0.15, -0.1) is 0 Å². The van der Waals surface area contributed by atoms with Gasteiger partial charge in [-0.2, -0.15) is 5.26 Å². The van der Waals surface area contributed by atoms with Crippen LogP contribution in [0.3, 0.4) is 0 Å². The highest BCUT2D eigenvalue weighted by atomic mass is 35.5. The molecule has 0 radical (unpaired) electrons. The fraction of sp³-hybridized carbons (Fsp3) is 0.286. The van der Waals surface area contributed by atoms with E-state index >= 15 is 0 Å². The summed E-state index contributed by atoms with van der Waals surface area (Å²) in [6.07, 6.45) is 0.687. The van der Waals surface area contributed by atoms with Gasteiger partial charge in [0.05, 0.1) is 36.1 Å². The molecule has 0 fully saturated rings. The van der Waals surface area contributed by atoms with Crippen LogP contribution in [0.25, 0.3) is 0 Å². The van der Waals surface area contributed by atoms with Crippen molar-refractivity contribution in [3.8, 4) is 6.07 Å². The lowest BCUT2D eigenvalue weighted by Crippen LogP contribution is -2.41. The van der Waals surface area contributed by atoms with Gasteiger partial charge in [0.25, 0.3) is 0 Å². The molecule has 0 unspecified atom stereocenters. The van der Waals surface area contributed by atoms with Crippen LogP contribution in [0.4, 0.5) is 15.8 Å². The molecule has 1 aliphatic heterocycles. The molecule has 2 aromatic carbocycles. The minimum atomic E-state index is -0.697. The van der Waals surface area contributed by atoms with E-state index in [4.69, 9.17) is 22.6 Å². The number of hydrogen-bond donors (Lipinski definition) is 3. The smallest absolute Gasteiger partial charge is 0.242 e. The quantitative estimate of drug-likeness (QED) is 0.676. The average molecular weight is 430 g/mol. The van der Waals surface area contributed by atoms with Crippen molar-refractivity contribution in [1.29, 1.82) is 5.26 Å². The largest absolute Gasteiger partial charge is 0.374 e. The molecule has 0 saturated heterocycles. The lowest BCUT2D eigenvalue weighted by Gasteiger charge is -2.35. The molecule has 9 heteroatoms. The van der Waals surface area contributed by atoms with Gasteiger partial charge in [0.1, 0.15) is 11.9 Å². The van der Waals surface area contributed by atoms with Gasteiger partial charge in [-0.05, 0) is 48.7 Å². The van der Waals surface area contributed by atoms with Crippen LogP contribution in [-0.2, 0) is 16.0 Å². The molecular formula is C21H21ClFN5O2. The first-order valence-corrected chi connectivity index (χ1v) is 9.77. The van der Waals surface area contributed by atoms with Gasteiger partial charge in [0.2, 0.25) is 11.8 Å². The molecular weight excluding hydrogens is 409 g/mol. The fourth-order valence-corrected chi connectivity index (χ4v) is 3.71. The highest BCUT2D eigenvalue weighted by Crippen LogP contribution is 2.31. The zero-order valence-corrected chi connectivity index (χ0v) is 17.1. The van der Waals surface area contributed by atoms with Crippen molar-refractivity contribution in [2.24, 2.45) is 5.73 Å². The molecule has 3 rings (SSSR count). The van der Waals surface area contributed by atoms with Gasteiger partial charge < -0.3 is 21.3 Å². The number of nitriles is 1. The summed E-state index contributed by atoms with van der Waals surface area (Å²) in [5.74, 6) is -1.41. The molecule has 0 aromatic heterocycles. The second-order valence-electron chi connectivity index (χ2n) is 6.95. The Labute approximate surface area is 178 Å². The third-order valence-corrected chi connectivity index (χ3v) is 5.32. The molecule has 30 heavy (non-hydrogen) atoms. The van der Waals surface area contributed by atoms with Gasteiger partial charge >= 0.3 is 0 Å². The monoisotopic (exact) mass is 429 g/mol. The number of anilines is 2. The molecule has 1 atom stereocenters. The molecule has 0 spiro atoms. The molecule has 2 aromatic rings. The number of hydrogen-bond acceptors (Lipinski definition) is 5. The number of benzene rings is 2.